The molecule has 9 heavy (non-hydrogen) atoms. The Labute approximate surface area is 53.2 Å². The second-order valence-electron chi connectivity index (χ2n) is 1.61. The Balaban J connectivity index is 4.47. The number of rotatable bonds is 2. The van der Waals surface area contributed by atoms with Gasteiger partial charge in [0.1, 0.15) is 0 Å². The maximum absolute atomic E-state index is 12.3. The van der Waals surface area contributed by atoms with Crippen molar-refractivity contribution < 1.29 is 8.78 Å². The van der Waals surface area contributed by atoms with Crippen LogP contribution in [0.3, 0.4) is 0 Å². The van der Waals surface area contributed by atoms with E-state index in [4.69, 9.17) is 0 Å². The molecule has 0 saturated heterocycles. The van der Waals surface area contributed by atoms with Gasteiger partial charge in [-0.15, -0.1) is 0 Å². The summed E-state index contributed by atoms with van der Waals surface area (Å²) in [6, 6.07) is 0. The fourth-order valence-electron chi connectivity index (χ4n) is 0.304. The van der Waals surface area contributed by atoms with E-state index in [0.29, 0.717) is 0 Å². The van der Waals surface area contributed by atoms with Crippen LogP contribution in [0.5, 0.6) is 0 Å². The van der Waals surface area contributed by atoms with Crippen molar-refractivity contribution in [2.45, 2.75) is 6.92 Å². The van der Waals surface area contributed by atoms with E-state index >= 15 is 0 Å². The average Bonchev–Trinajstić information content (AvgIpc) is 1.84. The van der Waals surface area contributed by atoms with Crippen molar-refractivity contribution in [1.82, 2.24) is 0 Å². The molecule has 0 bridgehead atoms. The van der Waals surface area contributed by atoms with Crippen LogP contribution in [0.4, 0.5) is 8.78 Å². The Hall–Kier alpha value is -0.920. The first-order valence-corrected chi connectivity index (χ1v) is 2.43. The van der Waals surface area contributed by atoms with Gasteiger partial charge in [0.2, 0.25) is 0 Å². The Morgan fingerprint density at radius 2 is 1.89 bits per heavy atom. The van der Waals surface area contributed by atoms with Crippen molar-refractivity contribution in [2.24, 2.45) is 0 Å². The largest absolute Gasteiger partial charge is 0.204 e. The first-order chi connectivity index (χ1) is 4.09. The molecule has 0 atom stereocenters. The summed E-state index contributed by atoms with van der Waals surface area (Å²) in [4.78, 5) is 0. The summed E-state index contributed by atoms with van der Waals surface area (Å²) < 4.78 is 24.1. The fourth-order valence-corrected chi connectivity index (χ4v) is 0.304. The highest BCUT2D eigenvalue weighted by Crippen LogP contribution is 2.15. The van der Waals surface area contributed by atoms with Gasteiger partial charge in [0.05, 0.1) is 0 Å². The molecule has 0 amide bonds. The topological polar surface area (TPSA) is 0 Å². The predicted octanol–water partition coefficient (Wildman–Crippen LogP) is 2.90. The van der Waals surface area contributed by atoms with Crippen molar-refractivity contribution in [1.29, 1.82) is 0 Å². The minimum Gasteiger partial charge on any atom is -0.204 e. The second-order valence-corrected chi connectivity index (χ2v) is 1.61. The lowest BCUT2D eigenvalue weighted by Gasteiger charge is -1.92. The minimum absolute atomic E-state index is 0.169. The third-order valence-corrected chi connectivity index (χ3v) is 0.891. The summed E-state index contributed by atoms with van der Waals surface area (Å²) in [6.07, 6.45) is 1.24. The number of halogens is 2. The van der Waals surface area contributed by atoms with Crippen LogP contribution in [-0.2, 0) is 0 Å². The molecule has 50 valence electrons. The van der Waals surface area contributed by atoms with Gasteiger partial charge in [-0.3, -0.25) is 0 Å². The van der Waals surface area contributed by atoms with Crippen LogP contribution in [0, 0.1) is 0 Å². The summed E-state index contributed by atoms with van der Waals surface area (Å²) in [6.45, 7) is 7.46. The monoisotopic (exact) mass is 130 g/mol. The van der Waals surface area contributed by atoms with E-state index in [2.05, 4.69) is 13.2 Å². The molecule has 0 aliphatic carbocycles. The van der Waals surface area contributed by atoms with Crippen molar-refractivity contribution >= 4 is 0 Å². The van der Waals surface area contributed by atoms with Gasteiger partial charge >= 0.3 is 0 Å². The zero-order chi connectivity index (χ0) is 7.44. The maximum atomic E-state index is 12.3. The SMILES string of the molecule is C=C/C(C)=C(/F)C(=C)F. The van der Waals surface area contributed by atoms with E-state index in [1.165, 1.54) is 13.0 Å². The fraction of sp³-hybridized carbons (Fsp3) is 0.143. The molecular weight excluding hydrogens is 122 g/mol. The highest BCUT2D eigenvalue weighted by atomic mass is 19.2. The standard InChI is InChI=1S/C7H8F2/c1-4-5(2)7(9)6(3)8/h4H,1,3H2,2H3/b7-5+. The second kappa shape index (κ2) is 3.17. The highest BCUT2D eigenvalue weighted by Gasteiger charge is 2.00. The van der Waals surface area contributed by atoms with Gasteiger partial charge < -0.3 is 0 Å². The van der Waals surface area contributed by atoms with Crippen LogP contribution >= 0.6 is 0 Å². The van der Waals surface area contributed by atoms with Crippen LogP contribution in [0.1, 0.15) is 6.92 Å². The van der Waals surface area contributed by atoms with E-state index in [-0.39, 0.29) is 5.57 Å². The molecule has 0 aromatic heterocycles. The number of hydrogen-bond donors (Lipinski definition) is 0. The zero-order valence-corrected chi connectivity index (χ0v) is 5.25. The van der Waals surface area contributed by atoms with Crippen LogP contribution in [-0.4, -0.2) is 0 Å². The molecule has 2 heteroatoms. The van der Waals surface area contributed by atoms with Gasteiger partial charge in [0.25, 0.3) is 0 Å². The van der Waals surface area contributed by atoms with E-state index < -0.39 is 11.7 Å². The van der Waals surface area contributed by atoms with Crippen molar-refractivity contribution in [3.05, 3.63) is 36.5 Å². The van der Waals surface area contributed by atoms with E-state index in [1.54, 1.807) is 0 Å². The first kappa shape index (κ1) is 8.08. The molecular formula is C7H8F2. The predicted molar refractivity (Wildman–Crippen MR) is 34.3 cm³/mol. The Bertz CT molecular complexity index is 166. The van der Waals surface area contributed by atoms with Crippen LogP contribution < -0.4 is 0 Å². The Morgan fingerprint density at radius 3 is 2.00 bits per heavy atom. The molecule has 0 saturated carbocycles. The molecule has 0 spiro atoms. The van der Waals surface area contributed by atoms with E-state index in [1.807, 2.05) is 0 Å². The molecule has 0 nitrogen and oxygen atoms in total. The summed E-state index contributed by atoms with van der Waals surface area (Å²) in [5.74, 6) is -1.97. The number of hydrogen-bond acceptors (Lipinski definition) is 0. The van der Waals surface area contributed by atoms with E-state index in [9.17, 15) is 8.78 Å². The summed E-state index contributed by atoms with van der Waals surface area (Å²) in [5, 5.41) is 0. The molecule has 0 aliphatic rings. The third-order valence-electron chi connectivity index (χ3n) is 0.891. The van der Waals surface area contributed by atoms with Crippen LogP contribution in [0.25, 0.3) is 0 Å². The van der Waals surface area contributed by atoms with Crippen LogP contribution in [0.2, 0.25) is 0 Å². The molecule has 0 radical (unpaired) electrons. The molecule has 0 N–H and O–H groups in total. The minimum atomic E-state index is -1.05. The lowest BCUT2D eigenvalue weighted by atomic mass is 10.2. The average molecular weight is 130 g/mol. The summed E-state index contributed by atoms with van der Waals surface area (Å²) in [5.41, 5.74) is 0.169. The van der Waals surface area contributed by atoms with Crippen molar-refractivity contribution in [3.63, 3.8) is 0 Å². The van der Waals surface area contributed by atoms with Gasteiger partial charge in [0, 0.05) is 0 Å². The maximum Gasteiger partial charge on any atom is 0.161 e. The first-order valence-electron chi connectivity index (χ1n) is 2.43. The molecule has 0 rings (SSSR count). The zero-order valence-electron chi connectivity index (χ0n) is 5.25. The molecule has 0 aromatic rings. The normalized spacial score (nSPS) is 12.3. The van der Waals surface area contributed by atoms with Crippen molar-refractivity contribution in [3.8, 4) is 0 Å². The molecule has 0 fully saturated rings. The van der Waals surface area contributed by atoms with Gasteiger partial charge in [-0.2, -0.15) is 0 Å². The third kappa shape index (κ3) is 2.22. The van der Waals surface area contributed by atoms with Crippen molar-refractivity contribution in [2.75, 3.05) is 0 Å². The summed E-state index contributed by atoms with van der Waals surface area (Å²) in [7, 11) is 0. The summed E-state index contributed by atoms with van der Waals surface area (Å²) >= 11 is 0. The number of allylic oxidation sites excluding steroid dienone is 4. The molecule has 0 heterocycles. The molecule has 0 unspecified atom stereocenters. The Kier molecular flexibility index (Phi) is 2.85. The highest BCUT2D eigenvalue weighted by molar-refractivity contribution is 5.27. The van der Waals surface area contributed by atoms with Gasteiger partial charge in [0.15, 0.2) is 11.7 Å². The molecule has 0 aromatic carbocycles. The Morgan fingerprint density at radius 1 is 1.44 bits per heavy atom. The van der Waals surface area contributed by atoms with Gasteiger partial charge in [-0.05, 0) is 12.5 Å². The van der Waals surface area contributed by atoms with E-state index in [0.717, 1.165) is 0 Å². The van der Waals surface area contributed by atoms with Gasteiger partial charge in [-0.1, -0.05) is 19.2 Å². The smallest absolute Gasteiger partial charge is 0.161 e. The molecule has 0 aliphatic heterocycles. The van der Waals surface area contributed by atoms with Crippen LogP contribution in [0.15, 0.2) is 36.5 Å². The van der Waals surface area contributed by atoms with Gasteiger partial charge in [-0.25, -0.2) is 8.78 Å². The quantitative estimate of drug-likeness (QED) is 0.504. The lowest BCUT2D eigenvalue weighted by molar-refractivity contribution is 0.542. The lowest BCUT2D eigenvalue weighted by Crippen LogP contribution is -1.76.